The fourth-order valence-electron chi connectivity index (χ4n) is 5.53. The molecule has 4 heterocycles. The minimum atomic E-state index is -0.795. The van der Waals surface area contributed by atoms with Gasteiger partial charge in [-0.2, -0.15) is 0 Å². The lowest BCUT2D eigenvalue weighted by molar-refractivity contribution is -0.138. The van der Waals surface area contributed by atoms with Crippen molar-refractivity contribution in [2.45, 2.75) is 57.7 Å². The number of hydrogen-bond acceptors (Lipinski definition) is 6. The molecule has 5 rings (SSSR count). The van der Waals surface area contributed by atoms with Crippen molar-refractivity contribution in [3.05, 3.63) is 65.7 Å². The molecule has 2 aliphatic rings. The lowest BCUT2D eigenvalue weighted by Crippen LogP contribution is -2.52. The van der Waals surface area contributed by atoms with Crippen molar-refractivity contribution in [2.24, 2.45) is 0 Å². The summed E-state index contributed by atoms with van der Waals surface area (Å²) in [5.74, 6) is -0.876. The van der Waals surface area contributed by atoms with Gasteiger partial charge in [0.1, 0.15) is 17.7 Å². The van der Waals surface area contributed by atoms with Crippen LogP contribution in [0.15, 0.2) is 53.2 Å². The second-order valence-corrected chi connectivity index (χ2v) is 9.73. The molecule has 2 saturated heterocycles. The van der Waals surface area contributed by atoms with Crippen molar-refractivity contribution in [2.75, 3.05) is 13.1 Å². The average Bonchev–Trinajstić information content (AvgIpc) is 3.58. The lowest BCUT2D eigenvalue weighted by Gasteiger charge is -2.28. The first kappa shape index (κ1) is 24.7. The number of amides is 3. The average molecular weight is 503 g/mol. The van der Waals surface area contributed by atoms with Gasteiger partial charge in [0.2, 0.25) is 11.8 Å². The summed E-state index contributed by atoms with van der Waals surface area (Å²) in [6, 6.07) is 9.16. The third kappa shape index (κ3) is 4.61. The normalized spacial score (nSPS) is 19.8. The molecule has 3 amide bonds. The van der Waals surface area contributed by atoms with Crippen LogP contribution in [0, 0.1) is 6.92 Å². The van der Waals surface area contributed by atoms with Crippen molar-refractivity contribution in [3.8, 4) is 0 Å². The van der Waals surface area contributed by atoms with Crippen molar-refractivity contribution in [3.63, 3.8) is 0 Å². The topological polar surface area (TPSA) is 113 Å². The van der Waals surface area contributed by atoms with Crippen LogP contribution in [-0.4, -0.2) is 69.5 Å². The predicted molar refractivity (Wildman–Crippen MR) is 136 cm³/mol. The Hall–Kier alpha value is -4.01. The Kier molecular flexibility index (Phi) is 6.78. The van der Waals surface area contributed by atoms with Crippen molar-refractivity contribution < 1.29 is 23.6 Å². The van der Waals surface area contributed by atoms with Crippen LogP contribution in [0.25, 0.3) is 11.0 Å². The number of rotatable bonds is 7. The zero-order valence-electron chi connectivity index (χ0n) is 21.0. The molecule has 0 aliphatic carbocycles. The number of ketones is 1. The molecule has 3 aromatic rings. The minimum Gasteiger partial charge on any atom is -0.451 e. The standard InChI is InChI=1S/C28H30N4O5/c1-3-7-20(30-27(35)26-17(2)19-9-4-5-10-23(19)37-26)28(36)31-13-11-21-25(31)22(33)16-32(21)24(34)14-18-8-6-12-29-15-18/h4-6,8-10,12,15,20-21,25H,3,7,11,13-14,16H2,1-2H3,(H,30,35). The maximum atomic E-state index is 13.6. The zero-order chi connectivity index (χ0) is 26.1. The number of furan rings is 1. The number of carbonyl (C=O) groups is 4. The van der Waals surface area contributed by atoms with Crippen LogP contribution in [0.1, 0.15) is 47.9 Å². The number of aromatic nitrogens is 1. The number of fused-ring (bicyclic) bond motifs is 2. The van der Waals surface area contributed by atoms with E-state index in [2.05, 4.69) is 10.3 Å². The Labute approximate surface area is 214 Å². The first-order valence-electron chi connectivity index (χ1n) is 12.7. The maximum absolute atomic E-state index is 13.6. The van der Waals surface area contributed by atoms with Crippen molar-refractivity contribution in [1.29, 1.82) is 0 Å². The number of aryl methyl sites for hydroxylation is 1. The van der Waals surface area contributed by atoms with Gasteiger partial charge in [0.25, 0.3) is 5.91 Å². The van der Waals surface area contributed by atoms with Crippen LogP contribution in [0.3, 0.4) is 0 Å². The van der Waals surface area contributed by atoms with Crippen LogP contribution < -0.4 is 5.32 Å². The molecule has 2 fully saturated rings. The van der Waals surface area contributed by atoms with Gasteiger partial charge >= 0.3 is 0 Å². The number of para-hydroxylation sites is 1. The van der Waals surface area contributed by atoms with Crippen molar-refractivity contribution in [1.82, 2.24) is 20.1 Å². The van der Waals surface area contributed by atoms with E-state index in [0.29, 0.717) is 37.0 Å². The minimum absolute atomic E-state index is 0.0127. The van der Waals surface area contributed by atoms with Gasteiger partial charge < -0.3 is 19.5 Å². The Balaban J connectivity index is 1.30. The van der Waals surface area contributed by atoms with E-state index in [1.54, 1.807) is 34.3 Å². The molecule has 37 heavy (non-hydrogen) atoms. The van der Waals surface area contributed by atoms with E-state index >= 15 is 0 Å². The van der Waals surface area contributed by atoms with Gasteiger partial charge in [0.15, 0.2) is 11.5 Å². The summed E-state index contributed by atoms with van der Waals surface area (Å²) >= 11 is 0. The summed E-state index contributed by atoms with van der Waals surface area (Å²) in [6.07, 6.45) is 5.06. The predicted octanol–water partition coefficient (Wildman–Crippen LogP) is 2.66. The molecule has 3 unspecified atom stereocenters. The summed E-state index contributed by atoms with van der Waals surface area (Å²) in [6.45, 7) is 4.10. The largest absolute Gasteiger partial charge is 0.451 e. The highest BCUT2D eigenvalue weighted by molar-refractivity contribution is 6.02. The van der Waals surface area contributed by atoms with E-state index in [1.807, 2.05) is 38.1 Å². The molecule has 0 saturated carbocycles. The Morgan fingerprint density at radius 1 is 1.16 bits per heavy atom. The highest BCUT2D eigenvalue weighted by atomic mass is 16.3. The first-order chi connectivity index (χ1) is 17.9. The molecule has 192 valence electrons. The van der Waals surface area contributed by atoms with Gasteiger partial charge in [0.05, 0.1) is 19.0 Å². The van der Waals surface area contributed by atoms with Crippen LogP contribution in [0.2, 0.25) is 0 Å². The second kappa shape index (κ2) is 10.2. The fraction of sp³-hybridized carbons (Fsp3) is 0.393. The highest BCUT2D eigenvalue weighted by Crippen LogP contribution is 2.31. The van der Waals surface area contributed by atoms with Gasteiger partial charge in [-0.3, -0.25) is 24.2 Å². The third-order valence-electron chi connectivity index (χ3n) is 7.33. The van der Waals surface area contributed by atoms with E-state index in [1.165, 1.54) is 0 Å². The molecule has 3 atom stereocenters. The molecule has 1 aromatic carbocycles. The van der Waals surface area contributed by atoms with E-state index in [-0.39, 0.29) is 42.4 Å². The quantitative estimate of drug-likeness (QED) is 0.532. The van der Waals surface area contributed by atoms with Gasteiger partial charge in [-0.25, -0.2) is 0 Å². The zero-order valence-corrected chi connectivity index (χ0v) is 21.0. The summed E-state index contributed by atoms with van der Waals surface area (Å²) in [4.78, 5) is 60.0. The van der Waals surface area contributed by atoms with E-state index in [0.717, 1.165) is 10.9 Å². The van der Waals surface area contributed by atoms with E-state index in [9.17, 15) is 19.2 Å². The number of benzene rings is 1. The molecule has 0 radical (unpaired) electrons. The first-order valence-corrected chi connectivity index (χ1v) is 12.7. The maximum Gasteiger partial charge on any atom is 0.287 e. The molecule has 2 aliphatic heterocycles. The molecule has 9 heteroatoms. The van der Waals surface area contributed by atoms with Gasteiger partial charge in [-0.1, -0.05) is 37.6 Å². The van der Waals surface area contributed by atoms with E-state index in [4.69, 9.17) is 4.42 Å². The van der Waals surface area contributed by atoms with Gasteiger partial charge in [-0.15, -0.1) is 0 Å². The number of nitrogens with zero attached hydrogens (tertiary/aromatic N) is 3. The third-order valence-corrected chi connectivity index (χ3v) is 7.33. The number of Topliss-reactive ketones (excluding diaryl/α,β-unsaturated/α-hetero) is 1. The molecule has 2 aromatic heterocycles. The van der Waals surface area contributed by atoms with Gasteiger partial charge in [0, 0.05) is 29.9 Å². The molecular weight excluding hydrogens is 472 g/mol. The lowest BCUT2D eigenvalue weighted by atomic mass is 10.1. The molecular formula is C28H30N4O5. The summed E-state index contributed by atoms with van der Waals surface area (Å²) in [5, 5.41) is 3.70. The molecule has 0 spiro atoms. The van der Waals surface area contributed by atoms with Crippen molar-refractivity contribution >= 4 is 34.5 Å². The van der Waals surface area contributed by atoms with Gasteiger partial charge in [-0.05, 0) is 37.5 Å². The number of likely N-dealkylation sites (tertiary alicyclic amines) is 2. The Morgan fingerprint density at radius 3 is 2.70 bits per heavy atom. The Bertz CT molecular complexity index is 1350. The number of pyridine rings is 1. The molecule has 1 N–H and O–H groups in total. The summed E-state index contributed by atoms with van der Waals surface area (Å²) in [5.41, 5.74) is 2.10. The van der Waals surface area contributed by atoms with E-state index < -0.39 is 18.0 Å². The number of nitrogens with one attached hydrogen (secondary N) is 1. The van der Waals surface area contributed by atoms with Crippen LogP contribution in [0.4, 0.5) is 0 Å². The number of carbonyl (C=O) groups excluding carboxylic acids is 4. The second-order valence-electron chi connectivity index (χ2n) is 9.73. The molecule has 9 nitrogen and oxygen atoms in total. The summed E-state index contributed by atoms with van der Waals surface area (Å²) < 4.78 is 5.78. The van der Waals surface area contributed by atoms with Crippen LogP contribution in [0.5, 0.6) is 0 Å². The fourth-order valence-corrected chi connectivity index (χ4v) is 5.53. The highest BCUT2D eigenvalue weighted by Gasteiger charge is 2.52. The Morgan fingerprint density at radius 2 is 1.97 bits per heavy atom. The van der Waals surface area contributed by atoms with Crippen LogP contribution >= 0.6 is 0 Å². The number of hydrogen-bond donors (Lipinski definition) is 1. The monoisotopic (exact) mass is 502 g/mol. The summed E-state index contributed by atoms with van der Waals surface area (Å²) in [7, 11) is 0. The van der Waals surface area contributed by atoms with Crippen LogP contribution in [-0.2, 0) is 20.8 Å². The SMILES string of the molecule is CCCC(NC(=O)c1oc2ccccc2c1C)C(=O)N1CCC2C1C(=O)CN2C(=O)Cc1cccnc1. The smallest absolute Gasteiger partial charge is 0.287 e. The molecule has 0 bridgehead atoms.